The fourth-order valence-corrected chi connectivity index (χ4v) is 1.23. The highest BCUT2D eigenvalue weighted by Gasteiger charge is 2.13. The maximum Gasteiger partial charge on any atom is 0.269 e. The maximum absolute atomic E-state index is 10.5. The van der Waals surface area contributed by atoms with Gasteiger partial charge in [-0.05, 0) is 11.5 Å². The van der Waals surface area contributed by atoms with E-state index < -0.39 is 4.92 Å². The number of hydrogen-bond donors (Lipinski definition) is 1. The monoisotopic (exact) mass is 194 g/mol. The standard InChI is InChI=1S/C10H14N2O2/c1-7(2)10(11)8-4-3-5-9(6-8)12(13)14/h3-7,10H,11H2,1-2H3/t10-/m0/s1. The Morgan fingerprint density at radius 2 is 2.07 bits per heavy atom. The van der Waals surface area contributed by atoms with Crippen LogP contribution < -0.4 is 5.73 Å². The van der Waals surface area contributed by atoms with Crippen LogP contribution in [0.25, 0.3) is 0 Å². The molecule has 1 aromatic rings. The average Bonchev–Trinajstić information content (AvgIpc) is 2.16. The smallest absolute Gasteiger partial charge is 0.269 e. The fraction of sp³-hybridized carbons (Fsp3) is 0.400. The number of nitrogens with two attached hydrogens (primary N) is 1. The minimum absolute atomic E-state index is 0.0959. The molecule has 1 rings (SSSR count). The largest absolute Gasteiger partial charge is 0.324 e. The molecule has 0 aliphatic carbocycles. The number of non-ortho nitro benzene ring substituents is 1. The second-order valence-corrected chi connectivity index (χ2v) is 3.62. The van der Waals surface area contributed by atoms with E-state index in [1.807, 2.05) is 19.9 Å². The molecule has 0 unspecified atom stereocenters. The molecule has 0 aliphatic rings. The van der Waals surface area contributed by atoms with Crippen LogP contribution in [0, 0.1) is 16.0 Å². The number of nitrogens with zero attached hydrogens (tertiary/aromatic N) is 1. The van der Waals surface area contributed by atoms with Crippen molar-refractivity contribution < 1.29 is 4.92 Å². The van der Waals surface area contributed by atoms with Crippen molar-refractivity contribution in [2.45, 2.75) is 19.9 Å². The molecule has 0 aliphatic heterocycles. The second kappa shape index (κ2) is 4.19. The first kappa shape index (κ1) is 10.7. The summed E-state index contributed by atoms with van der Waals surface area (Å²) in [6, 6.07) is 6.34. The number of hydrogen-bond acceptors (Lipinski definition) is 3. The third-order valence-corrected chi connectivity index (χ3v) is 2.18. The highest BCUT2D eigenvalue weighted by atomic mass is 16.6. The fourth-order valence-electron chi connectivity index (χ4n) is 1.23. The maximum atomic E-state index is 10.5. The highest BCUT2D eigenvalue weighted by molar-refractivity contribution is 5.35. The predicted molar refractivity (Wildman–Crippen MR) is 54.9 cm³/mol. The Hall–Kier alpha value is -1.42. The molecule has 1 aromatic carbocycles. The molecular weight excluding hydrogens is 180 g/mol. The van der Waals surface area contributed by atoms with Gasteiger partial charge in [0.2, 0.25) is 0 Å². The van der Waals surface area contributed by atoms with Gasteiger partial charge in [-0.1, -0.05) is 26.0 Å². The van der Waals surface area contributed by atoms with Gasteiger partial charge in [-0.25, -0.2) is 0 Å². The molecule has 0 saturated carbocycles. The Balaban J connectivity index is 2.99. The zero-order valence-corrected chi connectivity index (χ0v) is 8.31. The third-order valence-electron chi connectivity index (χ3n) is 2.18. The summed E-state index contributed by atoms with van der Waals surface area (Å²) in [6.45, 7) is 3.98. The van der Waals surface area contributed by atoms with Gasteiger partial charge in [0, 0.05) is 18.2 Å². The van der Waals surface area contributed by atoms with Crippen LogP contribution in [0.5, 0.6) is 0 Å². The summed E-state index contributed by atoms with van der Waals surface area (Å²) in [5.41, 5.74) is 6.79. The lowest BCUT2D eigenvalue weighted by atomic mass is 9.97. The predicted octanol–water partition coefficient (Wildman–Crippen LogP) is 2.25. The van der Waals surface area contributed by atoms with E-state index in [-0.39, 0.29) is 17.6 Å². The molecule has 0 aromatic heterocycles. The van der Waals surface area contributed by atoms with Crippen molar-refractivity contribution in [2.24, 2.45) is 11.7 Å². The van der Waals surface area contributed by atoms with Gasteiger partial charge in [0.1, 0.15) is 0 Å². The zero-order chi connectivity index (χ0) is 10.7. The molecule has 1 atom stereocenters. The normalized spacial score (nSPS) is 12.9. The molecule has 4 heteroatoms. The topological polar surface area (TPSA) is 69.2 Å². The van der Waals surface area contributed by atoms with Gasteiger partial charge in [-0.15, -0.1) is 0 Å². The van der Waals surface area contributed by atoms with Gasteiger partial charge in [-0.2, -0.15) is 0 Å². The van der Waals surface area contributed by atoms with Crippen LogP contribution in [0.4, 0.5) is 5.69 Å². The van der Waals surface area contributed by atoms with Gasteiger partial charge < -0.3 is 5.73 Å². The van der Waals surface area contributed by atoms with E-state index in [4.69, 9.17) is 5.73 Å². The first-order valence-corrected chi connectivity index (χ1v) is 4.52. The molecule has 14 heavy (non-hydrogen) atoms. The molecule has 4 nitrogen and oxygen atoms in total. The molecule has 76 valence electrons. The van der Waals surface area contributed by atoms with Gasteiger partial charge in [-0.3, -0.25) is 10.1 Å². The van der Waals surface area contributed by atoms with Gasteiger partial charge in [0.15, 0.2) is 0 Å². The first-order valence-electron chi connectivity index (χ1n) is 4.52. The van der Waals surface area contributed by atoms with Gasteiger partial charge in [0.05, 0.1) is 4.92 Å². The number of nitro benzene ring substituents is 1. The lowest BCUT2D eigenvalue weighted by Crippen LogP contribution is -2.16. The van der Waals surface area contributed by atoms with Crippen LogP contribution >= 0.6 is 0 Å². The highest BCUT2D eigenvalue weighted by Crippen LogP contribution is 2.22. The zero-order valence-electron chi connectivity index (χ0n) is 8.31. The summed E-state index contributed by atoms with van der Waals surface area (Å²) in [4.78, 5) is 10.1. The van der Waals surface area contributed by atoms with Crippen LogP contribution in [-0.4, -0.2) is 4.92 Å². The number of benzene rings is 1. The van der Waals surface area contributed by atoms with Crippen LogP contribution in [0.1, 0.15) is 25.5 Å². The summed E-state index contributed by atoms with van der Waals surface area (Å²) < 4.78 is 0. The third kappa shape index (κ3) is 2.29. The summed E-state index contributed by atoms with van der Waals surface area (Å²) in [6.07, 6.45) is 0. The average molecular weight is 194 g/mol. The minimum atomic E-state index is -0.406. The molecular formula is C10H14N2O2. The van der Waals surface area contributed by atoms with E-state index in [1.54, 1.807) is 6.07 Å². The molecule has 0 fully saturated rings. The molecule has 0 heterocycles. The molecule has 0 amide bonds. The van der Waals surface area contributed by atoms with Crippen LogP contribution in [0.15, 0.2) is 24.3 Å². The van der Waals surface area contributed by atoms with Gasteiger partial charge >= 0.3 is 0 Å². The molecule has 0 radical (unpaired) electrons. The molecule has 2 N–H and O–H groups in total. The van der Waals surface area contributed by atoms with Crippen molar-refractivity contribution in [2.75, 3.05) is 0 Å². The summed E-state index contributed by atoms with van der Waals surface area (Å²) in [5.74, 6) is 0.275. The Bertz CT molecular complexity index is 337. The van der Waals surface area contributed by atoms with E-state index in [2.05, 4.69) is 0 Å². The van der Waals surface area contributed by atoms with E-state index in [0.29, 0.717) is 0 Å². The Kier molecular flexibility index (Phi) is 3.19. The van der Waals surface area contributed by atoms with Crippen molar-refractivity contribution in [1.82, 2.24) is 0 Å². The molecule has 0 spiro atoms. The number of rotatable bonds is 3. The second-order valence-electron chi connectivity index (χ2n) is 3.62. The minimum Gasteiger partial charge on any atom is -0.324 e. The van der Waals surface area contributed by atoms with Crippen molar-refractivity contribution >= 4 is 5.69 Å². The quantitative estimate of drug-likeness (QED) is 0.592. The number of nitro groups is 1. The summed E-state index contributed by atoms with van der Waals surface area (Å²) >= 11 is 0. The van der Waals surface area contributed by atoms with Crippen LogP contribution in [-0.2, 0) is 0 Å². The van der Waals surface area contributed by atoms with E-state index in [0.717, 1.165) is 5.56 Å². The van der Waals surface area contributed by atoms with Gasteiger partial charge in [0.25, 0.3) is 5.69 Å². The van der Waals surface area contributed by atoms with Crippen LogP contribution in [0.2, 0.25) is 0 Å². The SMILES string of the molecule is CC(C)[C@H](N)c1cccc([N+](=O)[O-])c1. The molecule has 0 saturated heterocycles. The lowest BCUT2D eigenvalue weighted by molar-refractivity contribution is -0.384. The Labute approximate surface area is 82.9 Å². The molecule has 0 bridgehead atoms. The Morgan fingerprint density at radius 1 is 1.43 bits per heavy atom. The van der Waals surface area contributed by atoms with Crippen molar-refractivity contribution in [1.29, 1.82) is 0 Å². The summed E-state index contributed by atoms with van der Waals surface area (Å²) in [7, 11) is 0. The first-order chi connectivity index (χ1) is 6.52. The van der Waals surface area contributed by atoms with E-state index in [9.17, 15) is 10.1 Å². The van der Waals surface area contributed by atoms with E-state index in [1.165, 1.54) is 12.1 Å². The lowest BCUT2D eigenvalue weighted by Gasteiger charge is -2.15. The van der Waals surface area contributed by atoms with Crippen molar-refractivity contribution in [3.05, 3.63) is 39.9 Å². The van der Waals surface area contributed by atoms with E-state index >= 15 is 0 Å². The Morgan fingerprint density at radius 3 is 2.57 bits per heavy atom. The van der Waals surface area contributed by atoms with Crippen LogP contribution in [0.3, 0.4) is 0 Å². The van der Waals surface area contributed by atoms with Crippen molar-refractivity contribution in [3.63, 3.8) is 0 Å². The van der Waals surface area contributed by atoms with Crippen molar-refractivity contribution in [3.8, 4) is 0 Å². The summed E-state index contributed by atoms with van der Waals surface area (Å²) in [5, 5.41) is 10.5.